The van der Waals surface area contributed by atoms with Crippen LogP contribution in [0.25, 0.3) is 0 Å². The van der Waals surface area contributed by atoms with Crippen molar-refractivity contribution in [3.05, 3.63) is 58.3 Å². The normalized spacial score (nSPS) is 21.4. The molecule has 0 bridgehead atoms. The fourth-order valence-corrected chi connectivity index (χ4v) is 4.91. The molecule has 2 aromatic rings. The SMILES string of the molecule is O=C(c1ccccc1)N(CC1CN(Cc2ccsc2)CCO1)C1CCCC1. The molecule has 1 saturated carbocycles. The molecule has 0 N–H and O–H groups in total. The van der Waals surface area contributed by atoms with Gasteiger partial charge in [0.05, 0.1) is 12.7 Å². The number of benzene rings is 1. The van der Waals surface area contributed by atoms with Crippen LogP contribution in [0.3, 0.4) is 0 Å². The molecule has 0 spiro atoms. The number of nitrogens with zero attached hydrogens (tertiary/aromatic N) is 2. The third-order valence-corrected chi connectivity index (χ3v) is 6.39. The van der Waals surface area contributed by atoms with E-state index in [1.807, 2.05) is 30.3 Å². The quantitative estimate of drug-likeness (QED) is 0.754. The highest BCUT2D eigenvalue weighted by molar-refractivity contribution is 7.07. The van der Waals surface area contributed by atoms with E-state index in [2.05, 4.69) is 26.6 Å². The van der Waals surface area contributed by atoms with E-state index in [0.717, 1.165) is 44.6 Å². The Balaban J connectivity index is 1.43. The van der Waals surface area contributed by atoms with E-state index in [-0.39, 0.29) is 12.0 Å². The zero-order valence-corrected chi connectivity index (χ0v) is 16.6. The molecule has 1 aliphatic carbocycles. The van der Waals surface area contributed by atoms with Crippen LogP contribution in [0.4, 0.5) is 0 Å². The Morgan fingerprint density at radius 3 is 2.74 bits per heavy atom. The number of rotatable bonds is 6. The minimum absolute atomic E-state index is 0.0886. The van der Waals surface area contributed by atoms with Crippen LogP contribution in [0, 0.1) is 0 Å². The van der Waals surface area contributed by atoms with Gasteiger partial charge in [-0.3, -0.25) is 9.69 Å². The maximum atomic E-state index is 13.2. The number of carbonyl (C=O) groups excluding carboxylic acids is 1. The van der Waals surface area contributed by atoms with E-state index in [0.29, 0.717) is 12.6 Å². The number of thiophene rings is 1. The summed E-state index contributed by atoms with van der Waals surface area (Å²) in [5.74, 6) is 0.154. The topological polar surface area (TPSA) is 32.8 Å². The molecule has 4 rings (SSSR count). The van der Waals surface area contributed by atoms with E-state index >= 15 is 0 Å². The minimum Gasteiger partial charge on any atom is -0.374 e. The van der Waals surface area contributed by atoms with Gasteiger partial charge in [-0.2, -0.15) is 11.3 Å². The molecule has 5 heteroatoms. The predicted molar refractivity (Wildman–Crippen MR) is 109 cm³/mol. The predicted octanol–water partition coefficient (Wildman–Crippen LogP) is 4.03. The summed E-state index contributed by atoms with van der Waals surface area (Å²) in [6.45, 7) is 4.26. The van der Waals surface area contributed by atoms with E-state index in [1.165, 1.54) is 18.4 Å². The van der Waals surface area contributed by atoms with Crippen molar-refractivity contribution in [1.29, 1.82) is 0 Å². The van der Waals surface area contributed by atoms with Crippen molar-refractivity contribution < 1.29 is 9.53 Å². The second-order valence-electron chi connectivity index (χ2n) is 7.62. The first-order valence-corrected chi connectivity index (χ1v) is 10.9. The zero-order valence-electron chi connectivity index (χ0n) is 15.8. The van der Waals surface area contributed by atoms with Crippen LogP contribution in [0.5, 0.6) is 0 Å². The first kappa shape index (κ1) is 18.7. The summed E-state index contributed by atoms with van der Waals surface area (Å²) in [7, 11) is 0. The number of ether oxygens (including phenoxy) is 1. The van der Waals surface area contributed by atoms with Crippen molar-refractivity contribution >= 4 is 17.2 Å². The largest absolute Gasteiger partial charge is 0.374 e. The van der Waals surface area contributed by atoms with Crippen LogP contribution in [0.2, 0.25) is 0 Å². The molecule has 1 aromatic heterocycles. The van der Waals surface area contributed by atoms with Gasteiger partial charge in [-0.05, 0) is 47.4 Å². The van der Waals surface area contributed by atoms with Crippen molar-refractivity contribution in [2.45, 2.75) is 44.4 Å². The van der Waals surface area contributed by atoms with Gasteiger partial charge in [0.25, 0.3) is 5.91 Å². The van der Waals surface area contributed by atoms with Crippen LogP contribution >= 0.6 is 11.3 Å². The molecular weight excluding hydrogens is 356 g/mol. The Bertz CT molecular complexity index is 713. The maximum Gasteiger partial charge on any atom is 0.254 e. The molecule has 0 radical (unpaired) electrons. The molecule has 144 valence electrons. The maximum absolute atomic E-state index is 13.2. The van der Waals surface area contributed by atoms with Crippen molar-refractivity contribution in [3.8, 4) is 0 Å². The third-order valence-electron chi connectivity index (χ3n) is 5.66. The molecule has 1 aromatic carbocycles. The average Bonchev–Trinajstić information content (AvgIpc) is 3.41. The molecule has 2 aliphatic rings. The molecule has 2 heterocycles. The van der Waals surface area contributed by atoms with E-state index in [4.69, 9.17) is 4.74 Å². The van der Waals surface area contributed by atoms with Gasteiger partial charge in [-0.1, -0.05) is 31.0 Å². The van der Waals surface area contributed by atoms with E-state index < -0.39 is 0 Å². The van der Waals surface area contributed by atoms with Crippen LogP contribution < -0.4 is 0 Å². The molecule has 1 atom stereocenters. The summed E-state index contributed by atoms with van der Waals surface area (Å²) in [6.07, 6.45) is 4.76. The highest BCUT2D eigenvalue weighted by Gasteiger charge is 2.31. The molecule has 1 saturated heterocycles. The Morgan fingerprint density at radius 1 is 1.19 bits per heavy atom. The van der Waals surface area contributed by atoms with Crippen LogP contribution in [0.15, 0.2) is 47.2 Å². The molecule has 1 amide bonds. The fraction of sp³-hybridized carbons (Fsp3) is 0.500. The zero-order chi connectivity index (χ0) is 18.5. The molecule has 1 aliphatic heterocycles. The minimum atomic E-state index is 0.0886. The van der Waals surface area contributed by atoms with Gasteiger partial charge in [0.15, 0.2) is 0 Å². The number of hydrogen-bond acceptors (Lipinski definition) is 4. The second-order valence-corrected chi connectivity index (χ2v) is 8.40. The summed E-state index contributed by atoms with van der Waals surface area (Å²) >= 11 is 1.75. The lowest BCUT2D eigenvalue weighted by molar-refractivity contribution is -0.0468. The van der Waals surface area contributed by atoms with Gasteiger partial charge in [0.2, 0.25) is 0 Å². The van der Waals surface area contributed by atoms with E-state index in [9.17, 15) is 4.79 Å². The van der Waals surface area contributed by atoms with Crippen LogP contribution in [0.1, 0.15) is 41.6 Å². The highest BCUT2D eigenvalue weighted by Crippen LogP contribution is 2.26. The van der Waals surface area contributed by atoms with Crippen LogP contribution in [-0.2, 0) is 11.3 Å². The molecule has 4 nitrogen and oxygen atoms in total. The van der Waals surface area contributed by atoms with Crippen molar-refractivity contribution in [3.63, 3.8) is 0 Å². The highest BCUT2D eigenvalue weighted by atomic mass is 32.1. The average molecular weight is 385 g/mol. The van der Waals surface area contributed by atoms with Crippen molar-refractivity contribution in [1.82, 2.24) is 9.80 Å². The first-order valence-electron chi connectivity index (χ1n) is 10.0. The summed E-state index contributed by atoms with van der Waals surface area (Å²) in [5.41, 5.74) is 2.16. The molecular formula is C22H28N2O2S. The summed E-state index contributed by atoms with van der Waals surface area (Å²) in [6, 6.07) is 12.2. The monoisotopic (exact) mass is 384 g/mol. The Labute approximate surface area is 165 Å². The molecule has 27 heavy (non-hydrogen) atoms. The molecule has 1 unspecified atom stereocenters. The van der Waals surface area contributed by atoms with Gasteiger partial charge >= 0.3 is 0 Å². The van der Waals surface area contributed by atoms with Gasteiger partial charge < -0.3 is 9.64 Å². The number of hydrogen-bond donors (Lipinski definition) is 0. The smallest absolute Gasteiger partial charge is 0.254 e. The number of carbonyl (C=O) groups is 1. The van der Waals surface area contributed by atoms with Crippen molar-refractivity contribution in [2.75, 3.05) is 26.2 Å². The lowest BCUT2D eigenvalue weighted by Crippen LogP contribution is -2.50. The number of morpholine rings is 1. The van der Waals surface area contributed by atoms with Crippen LogP contribution in [-0.4, -0.2) is 54.1 Å². The van der Waals surface area contributed by atoms with Gasteiger partial charge in [0, 0.05) is 37.8 Å². The Hall–Kier alpha value is -1.69. The van der Waals surface area contributed by atoms with Gasteiger partial charge in [0.1, 0.15) is 0 Å². The summed E-state index contributed by atoms with van der Waals surface area (Å²) < 4.78 is 6.07. The third kappa shape index (κ3) is 4.78. The van der Waals surface area contributed by atoms with Crippen molar-refractivity contribution in [2.24, 2.45) is 0 Å². The first-order chi connectivity index (χ1) is 13.3. The lowest BCUT2D eigenvalue weighted by atomic mass is 10.1. The standard InChI is InChI=1S/C22H28N2O2S/c25-22(19-6-2-1-3-7-19)24(20-8-4-5-9-20)16-21-15-23(11-12-26-21)14-18-10-13-27-17-18/h1-3,6-7,10,13,17,20-21H,4-5,8-9,11-12,14-16H2. The lowest BCUT2D eigenvalue weighted by Gasteiger charge is -2.37. The summed E-state index contributed by atoms with van der Waals surface area (Å²) in [4.78, 5) is 17.8. The Kier molecular flexibility index (Phi) is 6.22. The van der Waals surface area contributed by atoms with Gasteiger partial charge in [-0.15, -0.1) is 0 Å². The Morgan fingerprint density at radius 2 is 2.00 bits per heavy atom. The molecule has 2 fully saturated rings. The summed E-state index contributed by atoms with van der Waals surface area (Å²) in [5, 5.41) is 4.35. The number of amides is 1. The second kappa shape index (κ2) is 9.00. The van der Waals surface area contributed by atoms with Gasteiger partial charge in [-0.25, -0.2) is 0 Å². The van der Waals surface area contributed by atoms with E-state index in [1.54, 1.807) is 11.3 Å². The fourth-order valence-electron chi connectivity index (χ4n) is 4.25.